The van der Waals surface area contributed by atoms with Crippen LogP contribution in [0.4, 0.5) is 11.4 Å². The number of amides is 1. The molecular weight excluding hydrogens is 496 g/mol. The largest absolute Gasteiger partial charge is 0.497 e. The van der Waals surface area contributed by atoms with Crippen LogP contribution in [0.15, 0.2) is 102 Å². The first-order valence-electron chi connectivity index (χ1n) is 11.2. The van der Waals surface area contributed by atoms with Crippen molar-refractivity contribution in [1.82, 2.24) is 0 Å². The van der Waals surface area contributed by atoms with Crippen LogP contribution in [0.1, 0.15) is 21.5 Å². The molecule has 4 rings (SSSR count). The van der Waals surface area contributed by atoms with Crippen LogP contribution in [0.3, 0.4) is 0 Å². The number of carbonyl (C=O) groups excluding carboxylic acids is 1. The summed E-state index contributed by atoms with van der Waals surface area (Å²) in [5.74, 6) is 0.0965. The fraction of sp³-hybridized carbons (Fsp3) is 0.107. The summed E-state index contributed by atoms with van der Waals surface area (Å²) >= 11 is 6.12. The third-order valence-electron chi connectivity index (χ3n) is 5.68. The molecule has 0 aliphatic rings. The molecule has 0 heterocycles. The van der Waals surface area contributed by atoms with Crippen molar-refractivity contribution in [2.75, 3.05) is 16.7 Å². The predicted molar refractivity (Wildman–Crippen MR) is 143 cm³/mol. The van der Waals surface area contributed by atoms with Crippen molar-refractivity contribution in [3.05, 3.63) is 119 Å². The number of ether oxygens (including phenoxy) is 1. The number of aryl methyl sites for hydroxylation is 1. The number of rotatable bonds is 8. The second-order valence-corrected chi connectivity index (χ2v) is 10.4. The molecule has 0 aromatic heterocycles. The number of nitrogens with one attached hydrogen (secondary N) is 1. The van der Waals surface area contributed by atoms with Gasteiger partial charge in [0.15, 0.2) is 0 Å². The summed E-state index contributed by atoms with van der Waals surface area (Å²) in [6.45, 7) is 1.89. The number of benzene rings is 4. The third-order valence-corrected chi connectivity index (χ3v) is 7.69. The van der Waals surface area contributed by atoms with Crippen LogP contribution in [0.5, 0.6) is 5.75 Å². The highest BCUT2D eigenvalue weighted by molar-refractivity contribution is 7.92. The SMILES string of the molecule is COc1ccc(S(=O)(=O)N(Cc2ccccc2)c2ccccc2C(=O)Nc2cc(Cl)ccc2C)cc1. The van der Waals surface area contributed by atoms with Crippen molar-refractivity contribution < 1.29 is 17.9 Å². The van der Waals surface area contributed by atoms with Gasteiger partial charge in [-0.15, -0.1) is 0 Å². The number of nitrogens with zero attached hydrogens (tertiary/aromatic N) is 1. The van der Waals surface area contributed by atoms with E-state index in [9.17, 15) is 13.2 Å². The second-order valence-electron chi connectivity index (χ2n) is 8.10. The quantitative estimate of drug-likeness (QED) is 0.295. The Balaban J connectivity index is 1.79. The lowest BCUT2D eigenvalue weighted by molar-refractivity contribution is 0.102. The number of hydrogen-bond donors (Lipinski definition) is 1. The van der Waals surface area contributed by atoms with Crippen molar-refractivity contribution in [1.29, 1.82) is 0 Å². The van der Waals surface area contributed by atoms with Gasteiger partial charge in [0.05, 0.1) is 29.8 Å². The van der Waals surface area contributed by atoms with Gasteiger partial charge in [-0.25, -0.2) is 8.42 Å². The highest BCUT2D eigenvalue weighted by atomic mass is 35.5. The molecule has 8 heteroatoms. The molecule has 0 unspecified atom stereocenters. The van der Waals surface area contributed by atoms with Gasteiger partial charge >= 0.3 is 0 Å². The van der Waals surface area contributed by atoms with E-state index in [0.29, 0.717) is 16.5 Å². The highest BCUT2D eigenvalue weighted by Gasteiger charge is 2.29. The lowest BCUT2D eigenvalue weighted by atomic mass is 10.1. The van der Waals surface area contributed by atoms with Crippen molar-refractivity contribution in [2.24, 2.45) is 0 Å². The van der Waals surface area contributed by atoms with E-state index < -0.39 is 15.9 Å². The van der Waals surface area contributed by atoms with Crippen molar-refractivity contribution in [3.63, 3.8) is 0 Å². The minimum absolute atomic E-state index is 0.0374. The smallest absolute Gasteiger partial charge is 0.264 e. The van der Waals surface area contributed by atoms with Crippen molar-refractivity contribution in [2.45, 2.75) is 18.4 Å². The maximum absolute atomic E-state index is 13.9. The number of halogens is 1. The summed E-state index contributed by atoms with van der Waals surface area (Å²) in [6, 6.07) is 27.2. The van der Waals surface area contributed by atoms with E-state index in [4.69, 9.17) is 16.3 Å². The molecule has 1 N–H and O–H groups in total. The Morgan fingerprint density at radius 3 is 2.28 bits per heavy atom. The first kappa shape index (κ1) is 25.3. The molecule has 0 saturated heterocycles. The molecule has 0 radical (unpaired) electrons. The molecule has 1 amide bonds. The maximum Gasteiger partial charge on any atom is 0.264 e. The van der Waals surface area contributed by atoms with Crippen LogP contribution < -0.4 is 14.4 Å². The van der Waals surface area contributed by atoms with Gasteiger partial charge in [-0.2, -0.15) is 0 Å². The fourth-order valence-corrected chi connectivity index (χ4v) is 5.37. The third kappa shape index (κ3) is 5.53. The lowest BCUT2D eigenvalue weighted by Crippen LogP contribution is -2.32. The molecular formula is C28H25ClN2O4S. The molecule has 0 atom stereocenters. The number of methoxy groups -OCH3 is 1. The Kier molecular flexibility index (Phi) is 7.62. The molecule has 0 spiro atoms. The van der Waals surface area contributed by atoms with Crippen LogP contribution >= 0.6 is 11.6 Å². The monoisotopic (exact) mass is 520 g/mol. The second kappa shape index (κ2) is 10.8. The Bertz CT molecular complexity index is 1470. The number of sulfonamides is 1. The standard InChI is InChI=1S/C28H25ClN2O4S/c1-20-12-13-22(29)18-26(20)30-28(32)25-10-6-7-11-27(25)31(19-21-8-4-3-5-9-21)36(33,34)24-16-14-23(35-2)15-17-24/h3-18H,19H2,1-2H3,(H,30,32). The number of para-hydroxylation sites is 1. The first-order chi connectivity index (χ1) is 17.3. The zero-order valence-corrected chi connectivity index (χ0v) is 21.4. The van der Waals surface area contributed by atoms with Gasteiger partial charge in [0.1, 0.15) is 5.75 Å². The first-order valence-corrected chi connectivity index (χ1v) is 13.0. The molecule has 0 bridgehead atoms. The Morgan fingerprint density at radius 1 is 0.917 bits per heavy atom. The molecule has 0 aliphatic heterocycles. The lowest BCUT2D eigenvalue weighted by Gasteiger charge is -2.27. The van der Waals surface area contributed by atoms with E-state index in [2.05, 4.69) is 5.32 Å². The molecule has 36 heavy (non-hydrogen) atoms. The van der Waals surface area contributed by atoms with Crippen molar-refractivity contribution >= 4 is 38.9 Å². The van der Waals surface area contributed by atoms with Crippen molar-refractivity contribution in [3.8, 4) is 5.75 Å². The number of carbonyl (C=O) groups is 1. The van der Waals surface area contributed by atoms with Gasteiger partial charge in [0.2, 0.25) is 0 Å². The summed E-state index contributed by atoms with van der Waals surface area (Å²) in [5, 5.41) is 3.35. The minimum Gasteiger partial charge on any atom is -0.497 e. The summed E-state index contributed by atoms with van der Waals surface area (Å²) in [5.41, 5.74) is 2.63. The molecule has 0 saturated carbocycles. The Hall–Kier alpha value is -3.81. The van der Waals surface area contributed by atoms with Gasteiger partial charge < -0.3 is 10.1 Å². The number of anilines is 2. The summed E-state index contributed by atoms with van der Waals surface area (Å²) in [7, 11) is -2.53. The van der Waals surface area contributed by atoms with Gasteiger partial charge in [0.25, 0.3) is 15.9 Å². The molecule has 0 fully saturated rings. The molecule has 4 aromatic rings. The van der Waals surface area contributed by atoms with E-state index in [1.54, 1.807) is 54.6 Å². The van der Waals surface area contributed by atoms with Crippen LogP contribution in [0.25, 0.3) is 0 Å². The topological polar surface area (TPSA) is 75.7 Å². The average Bonchev–Trinajstić information content (AvgIpc) is 2.90. The predicted octanol–water partition coefficient (Wildman–Crippen LogP) is 6.30. The molecule has 4 aromatic carbocycles. The number of hydrogen-bond acceptors (Lipinski definition) is 4. The van der Waals surface area contributed by atoms with Gasteiger partial charge in [-0.3, -0.25) is 9.10 Å². The highest BCUT2D eigenvalue weighted by Crippen LogP contribution is 2.31. The van der Waals surface area contributed by atoms with Crippen LogP contribution in [0, 0.1) is 6.92 Å². The van der Waals surface area contributed by atoms with Gasteiger partial charge in [-0.1, -0.05) is 60.1 Å². The molecule has 0 aliphatic carbocycles. The summed E-state index contributed by atoms with van der Waals surface area (Å²) in [6.07, 6.45) is 0. The average molecular weight is 521 g/mol. The maximum atomic E-state index is 13.9. The fourth-order valence-electron chi connectivity index (χ4n) is 3.73. The van der Waals surface area contributed by atoms with E-state index in [-0.39, 0.29) is 22.7 Å². The summed E-state index contributed by atoms with van der Waals surface area (Å²) in [4.78, 5) is 13.5. The van der Waals surface area contributed by atoms with E-state index in [0.717, 1.165) is 11.1 Å². The molecule has 6 nitrogen and oxygen atoms in total. The normalized spacial score (nSPS) is 11.1. The Morgan fingerprint density at radius 2 is 1.58 bits per heavy atom. The summed E-state index contributed by atoms with van der Waals surface area (Å²) < 4.78 is 34.2. The van der Waals surface area contributed by atoms with Crippen LogP contribution in [0.2, 0.25) is 5.02 Å². The Labute approximate surface area is 216 Å². The zero-order chi connectivity index (χ0) is 25.7. The minimum atomic E-state index is -4.04. The van der Waals surface area contributed by atoms with Gasteiger partial charge in [0, 0.05) is 10.7 Å². The van der Waals surface area contributed by atoms with E-state index in [1.165, 1.54) is 23.5 Å². The van der Waals surface area contributed by atoms with Gasteiger partial charge in [-0.05, 0) is 66.6 Å². The zero-order valence-electron chi connectivity index (χ0n) is 19.8. The van der Waals surface area contributed by atoms with Crippen LogP contribution in [-0.4, -0.2) is 21.4 Å². The van der Waals surface area contributed by atoms with E-state index >= 15 is 0 Å². The molecule has 184 valence electrons. The van der Waals surface area contributed by atoms with E-state index in [1.807, 2.05) is 37.3 Å². The van der Waals surface area contributed by atoms with Crippen LogP contribution in [-0.2, 0) is 16.6 Å².